The van der Waals surface area contributed by atoms with E-state index in [-0.39, 0.29) is 17.0 Å². The van der Waals surface area contributed by atoms with Gasteiger partial charge in [0.15, 0.2) is 5.70 Å². The molecule has 0 bridgehead atoms. The topological polar surface area (TPSA) is 65.0 Å². The van der Waals surface area contributed by atoms with Crippen molar-refractivity contribution in [2.75, 3.05) is 0 Å². The van der Waals surface area contributed by atoms with E-state index in [9.17, 15) is 9.59 Å². The second-order valence-electron chi connectivity index (χ2n) is 8.57. The predicted octanol–water partition coefficient (Wildman–Crippen LogP) is 6.31. The number of halogens is 1. The van der Waals surface area contributed by atoms with Gasteiger partial charge in [0.25, 0.3) is 0 Å². The minimum absolute atomic E-state index is 0.0221. The first-order valence-electron chi connectivity index (χ1n) is 10.4. The summed E-state index contributed by atoms with van der Waals surface area (Å²) in [6.07, 6.45) is 1.56. The second-order valence-corrected chi connectivity index (χ2v) is 9.42. The number of ether oxygens (including phenoxy) is 2. The summed E-state index contributed by atoms with van der Waals surface area (Å²) in [5, 5.41) is 0. The number of rotatable bonds is 4. The summed E-state index contributed by atoms with van der Waals surface area (Å²) in [6.45, 7) is 6.41. The summed E-state index contributed by atoms with van der Waals surface area (Å²) in [5.41, 5.74) is 2.99. The normalized spacial score (nSPS) is 14.7. The Hall–Kier alpha value is -3.51. The van der Waals surface area contributed by atoms with Gasteiger partial charge in [0.05, 0.1) is 5.56 Å². The van der Waals surface area contributed by atoms with Crippen LogP contribution in [0.5, 0.6) is 5.75 Å². The van der Waals surface area contributed by atoms with Crippen LogP contribution in [0.3, 0.4) is 0 Å². The number of carbonyl (C=O) groups excluding carboxylic acids is 2. The summed E-state index contributed by atoms with van der Waals surface area (Å²) in [5.74, 6) is -0.506. The van der Waals surface area contributed by atoms with Crippen molar-refractivity contribution in [2.45, 2.75) is 26.2 Å². The molecule has 166 valence electrons. The van der Waals surface area contributed by atoms with Crippen LogP contribution in [0, 0.1) is 0 Å². The van der Waals surface area contributed by atoms with Gasteiger partial charge < -0.3 is 9.47 Å². The number of esters is 2. The van der Waals surface area contributed by atoms with Crippen LogP contribution in [-0.2, 0) is 14.9 Å². The molecule has 1 aliphatic heterocycles. The zero-order valence-corrected chi connectivity index (χ0v) is 20.0. The molecule has 0 N–H and O–H groups in total. The molecule has 0 aliphatic carbocycles. The average Bonchev–Trinajstić information content (AvgIpc) is 3.15. The minimum Gasteiger partial charge on any atom is -0.422 e. The lowest BCUT2D eigenvalue weighted by molar-refractivity contribution is -0.129. The fraction of sp³-hybridized carbons (Fsp3) is 0.148. The molecule has 0 saturated heterocycles. The fourth-order valence-corrected chi connectivity index (χ4v) is 3.71. The molecule has 0 spiro atoms. The van der Waals surface area contributed by atoms with Crippen molar-refractivity contribution in [3.8, 4) is 5.75 Å². The Balaban J connectivity index is 1.60. The zero-order valence-electron chi connectivity index (χ0n) is 18.5. The molecule has 0 unspecified atom stereocenters. The first-order chi connectivity index (χ1) is 15.7. The minimum atomic E-state index is -0.558. The lowest BCUT2D eigenvalue weighted by atomic mass is 9.87. The Morgan fingerprint density at radius 3 is 2.33 bits per heavy atom. The van der Waals surface area contributed by atoms with Crippen molar-refractivity contribution in [3.63, 3.8) is 0 Å². The molecule has 1 aliphatic rings. The molecule has 0 fully saturated rings. The maximum Gasteiger partial charge on any atom is 0.363 e. The number of carbonyl (C=O) groups is 2. The molecule has 33 heavy (non-hydrogen) atoms. The van der Waals surface area contributed by atoms with E-state index < -0.39 is 11.9 Å². The van der Waals surface area contributed by atoms with Gasteiger partial charge in [-0.2, -0.15) is 0 Å². The summed E-state index contributed by atoms with van der Waals surface area (Å²) >= 11 is 3.36. The van der Waals surface area contributed by atoms with E-state index in [2.05, 4.69) is 41.7 Å². The second kappa shape index (κ2) is 9.16. The summed E-state index contributed by atoms with van der Waals surface area (Å²) in [7, 11) is 0. The maximum atomic E-state index is 12.6. The molecular weight excluding hydrogens is 482 g/mol. The third-order valence-electron chi connectivity index (χ3n) is 5.13. The van der Waals surface area contributed by atoms with Crippen molar-refractivity contribution >= 4 is 39.8 Å². The van der Waals surface area contributed by atoms with Gasteiger partial charge in [-0.15, -0.1) is 0 Å². The van der Waals surface area contributed by atoms with Crippen molar-refractivity contribution in [3.05, 3.63) is 105 Å². The molecule has 4 rings (SSSR count). The third-order valence-corrected chi connectivity index (χ3v) is 5.82. The van der Waals surface area contributed by atoms with E-state index in [1.165, 1.54) is 5.56 Å². The van der Waals surface area contributed by atoms with Gasteiger partial charge in [-0.25, -0.2) is 14.6 Å². The predicted molar refractivity (Wildman–Crippen MR) is 131 cm³/mol. The van der Waals surface area contributed by atoms with Gasteiger partial charge in [-0.3, -0.25) is 0 Å². The molecular formula is C27H22BrNO4. The molecule has 0 aromatic heterocycles. The Morgan fingerprint density at radius 1 is 0.970 bits per heavy atom. The smallest absolute Gasteiger partial charge is 0.363 e. The Morgan fingerprint density at radius 2 is 1.64 bits per heavy atom. The zero-order chi connectivity index (χ0) is 23.6. The van der Waals surface area contributed by atoms with E-state index >= 15 is 0 Å². The highest BCUT2D eigenvalue weighted by atomic mass is 79.9. The highest BCUT2D eigenvalue weighted by Gasteiger charge is 2.25. The van der Waals surface area contributed by atoms with Crippen LogP contribution in [-0.4, -0.2) is 17.8 Å². The quantitative estimate of drug-likeness (QED) is 0.237. The third kappa shape index (κ3) is 5.12. The van der Waals surface area contributed by atoms with E-state index in [1.54, 1.807) is 48.5 Å². The number of nitrogens with zero attached hydrogens (tertiary/aromatic N) is 1. The van der Waals surface area contributed by atoms with Gasteiger partial charge in [-0.05, 0) is 63.3 Å². The van der Waals surface area contributed by atoms with Crippen LogP contribution in [0.1, 0.15) is 47.8 Å². The molecule has 3 aromatic rings. The number of hydrogen-bond donors (Lipinski definition) is 0. The molecule has 3 aromatic carbocycles. The van der Waals surface area contributed by atoms with Crippen LogP contribution in [0.4, 0.5) is 0 Å². The number of cyclic esters (lactones) is 1. The molecule has 5 nitrogen and oxygen atoms in total. The van der Waals surface area contributed by atoms with Gasteiger partial charge in [0.1, 0.15) is 5.75 Å². The first-order valence-corrected chi connectivity index (χ1v) is 11.2. The van der Waals surface area contributed by atoms with Crippen LogP contribution in [0.2, 0.25) is 0 Å². The molecule has 6 heteroatoms. The Bertz CT molecular complexity index is 1280. The van der Waals surface area contributed by atoms with E-state index in [4.69, 9.17) is 9.47 Å². The largest absolute Gasteiger partial charge is 0.422 e. The van der Waals surface area contributed by atoms with E-state index in [0.29, 0.717) is 26.9 Å². The molecule has 0 saturated carbocycles. The van der Waals surface area contributed by atoms with Gasteiger partial charge in [0, 0.05) is 15.6 Å². The average molecular weight is 504 g/mol. The number of aliphatic imine (C=N–C) groups is 1. The summed E-state index contributed by atoms with van der Waals surface area (Å²) in [4.78, 5) is 29.5. The Kier molecular flexibility index (Phi) is 6.29. The fourth-order valence-electron chi connectivity index (χ4n) is 3.27. The summed E-state index contributed by atoms with van der Waals surface area (Å²) < 4.78 is 11.6. The van der Waals surface area contributed by atoms with Gasteiger partial charge >= 0.3 is 11.9 Å². The molecule has 0 radical (unpaired) electrons. The lowest BCUT2D eigenvalue weighted by Gasteiger charge is -2.18. The van der Waals surface area contributed by atoms with E-state index in [1.807, 2.05) is 30.3 Å². The molecule has 0 amide bonds. The van der Waals surface area contributed by atoms with E-state index in [0.717, 1.165) is 0 Å². The number of hydrogen-bond acceptors (Lipinski definition) is 5. The molecule has 1 heterocycles. The highest BCUT2D eigenvalue weighted by molar-refractivity contribution is 9.10. The standard InChI is InChI=1S/C27H22BrNO4/c1-27(2,3)19-14-12-17(13-15-19)24-29-22(26(31)33-24)16-18-8-4-7-11-23(18)32-25(30)20-9-5-6-10-21(20)28/h4-16H,1-3H3/b22-16+. The molecule has 0 atom stereocenters. The van der Waals surface area contributed by atoms with Crippen LogP contribution >= 0.6 is 15.9 Å². The van der Waals surface area contributed by atoms with Crippen LogP contribution < -0.4 is 4.74 Å². The van der Waals surface area contributed by atoms with Crippen molar-refractivity contribution < 1.29 is 19.1 Å². The lowest BCUT2D eigenvalue weighted by Crippen LogP contribution is -2.11. The van der Waals surface area contributed by atoms with Gasteiger partial charge in [0.2, 0.25) is 5.90 Å². The maximum absolute atomic E-state index is 12.6. The van der Waals surface area contributed by atoms with Crippen LogP contribution in [0.25, 0.3) is 6.08 Å². The van der Waals surface area contributed by atoms with Crippen molar-refractivity contribution in [1.29, 1.82) is 0 Å². The Labute approximate surface area is 200 Å². The summed E-state index contributed by atoms with van der Waals surface area (Å²) in [6, 6.07) is 21.8. The van der Waals surface area contributed by atoms with Crippen LogP contribution in [0.15, 0.2) is 88.0 Å². The highest BCUT2D eigenvalue weighted by Crippen LogP contribution is 2.27. The monoisotopic (exact) mass is 503 g/mol. The number of para-hydroxylation sites is 1. The first kappa shape index (κ1) is 22.7. The SMILES string of the molecule is CC(C)(C)c1ccc(C2=N/C(=C/c3ccccc3OC(=O)c3ccccc3Br)C(=O)O2)cc1. The van der Waals surface area contributed by atoms with Gasteiger partial charge in [-0.1, -0.05) is 63.2 Å². The number of benzene rings is 3. The van der Waals surface area contributed by atoms with Crippen molar-refractivity contribution in [2.24, 2.45) is 4.99 Å². The van der Waals surface area contributed by atoms with Crippen molar-refractivity contribution in [1.82, 2.24) is 0 Å².